The molecule has 0 bridgehead atoms. The fourth-order valence-electron chi connectivity index (χ4n) is 1.64. The summed E-state index contributed by atoms with van der Waals surface area (Å²) in [4.78, 5) is 19.9. The number of carbonyl (C=O) groups excluding carboxylic acids is 1. The molecule has 110 valence electrons. The van der Waals surface area contributed by atoms with Gasteiger partial charge in [0, 0.05) is 5.39 Å². The smallest absolute Gasteiger partial charge is 0.374 e. The number of nitrogens with zero attached hydrogens (tertiary/aromatic N) is 2. The SMILES string of the molecule is CCOC(=O)c1cc2cc(N=C=NC(C)(C)C)ccc2o1. The second kappa shape index (κ2) is 5.94. The maximum Gasteiger partial charge on any atom is 0.374 e. The third-order valence-corrected chi connectivity index (χ3v) is 2.54. The number of furan rings is 1. The van der Waals surface area contributed by atoms with E-state index in [2.05, 4.69) is 16.0 Å². The van der Waals surface area contributed by atoms with Gasteiger partial charge < -0.3 is 9.15 Å². The van der Waals surface area contributed by atoms with Crippen LogP contribution >= 0.6 is 0 Å². The summed E-state index contributed by atoms with van der Waals surface area (Å²) in [6.07, 6.45) is 0. The van der Waals surface area contributed by atoms with E-state index in [0.717, 1.165) is 5.39 Å². The van der Waals surface area contributed by atoms with Gasteiger partial charge in [-0.15, -0.1) is 0 Å². The van der Waals surface area contributed by atoms with E-state index in [1.807, 2.05) is 26.8 Å². The van der Waals surface area contributed by atoms with E-state index in [0.29, 0.717) is 17.9 Å². The van der Waals surface area contributed by atoms with Gasteiger partial charge in [0.2, 0.25) is 5.76 Å². The van der Waals surface area contributed by atoms with Crippen LogP contribution in [0.1, 0.15) is 38.2 Å². The molecular formula is C16H18N2O3. The van der Waals surface area contributed by atoms with Gasteiger partial charge in [0.15, 0.2) is 0 Å². The molecule has 0 spiro atoms. The van der Waals surface area contributed by atoms with E-state index in [9.17, 15) is 4.79 Å². The van der Waals surface area contributed by atoms with Crippen LogP contribution in [0.2, 0.25) is 0 Å². The summed E-state index contributed by atoms with van der Waals surface area (Å²) >= 11 is 0. The Hall–Kier alpha value is -2.39. The maximum absolute atomic E-state index is 11.6. The van der Waals surface area contributed by atoms with Gasteiger partial charge in [0.1, 0.15) is 5.58 Å². The van der Waals surface area contributed by atoms with Crippen LogP contribution in [-0.2, 0) is 4.74 Å². The molecule has 5 heteroatoms. The average Bonchev–Trinajstić information content (AvgIpc) is 2.80. The predicted octanol–water partition coefficient (Wildman–Crippen LogP) is 4.21. The Labute approximate surface area is 123 Å². The molecule has 5 nitrogen and oxygen atoms in total. The minimum absolute atomic E-state index is 0.191. The van der Waals surface area contributed by atoms with Crippen LogP contribution in [0.5, 0.6) is 0 Å². The minimum Gasteiger partial charge on any atom is -0.460 e. The van der Waals surface area contributed by atoms with Gasteiger partial charge in [0.25, 0.3) is 0 Å². The lowest BCUT2D eigenvalue weighted by molar-refractivity contribution is 0.0492. The zero-order chi connectivity index (χ0) is 15.5. The predicted molar refractivity (Wildman–Crippen MR) is 81.4 cm³/mol. The topological polar surface area (TPSA) is 64.2 Å². The molecule has 0 atom stereocenters. The molecule has 0 fully saturated rings. The normalized spacial score (nSPS) is 11.0. The fraction of sp³-hybridized carbons (Fsp3) is 0.375. The van der Waals surface area contributed by atoms with Crippen LogP contribution in [0.3, 0.4) is 0 Å². The van der Waals surface area contributed by atoms with Crippen LogP contribution in [0.25, 0.3) is 11.0 Å². The summed E-state index contributed by atoms with van der Waals surface area (Å²) in [6, 6.07) is 9.69. The van der Waals surface area contributed by atoms with Crippen molar-refractivity contribution in [1.82, 2.24) is 0 Å². The summed E-state index contributed by atoms with van der Waals surface area (Å²) in [6.45, 7) is 7.98. The highest BCUT2D eigenvalue weighted by molar-refractivity contribution is 5.93. The monoisotopic (exact) mass is 286 g/mol. The van der Waals surface area contributed by atoms with E-state index in [4.69, 9.17) is 9.15 Å². The Morgan fingerprint density at radius 1 is 1.33 bits per heavy atom. The summed E-state index contributed by atoms with van der Waals surface area (Å²) < 4.78 is 10.3. The van der Waals surface area contributed by atoms with E-state index >= 15 is 0 Å². The molecule has 0 N–H and O–H groups in total. The molecule has 0 amide bonds. The van der Waals surface area contributed by atoms with Gasteiger partial charge in [-0.2, -0.15) is 4.99 Å². The highest BCUT2D eigenvalue weighted by Crippen LogP contribution is 2.24. The number of rotatable bonds is 3. The Balaban J connectivity index is 2.30. The van der Waals surface area contributed by atoms with Crippen molar-refractivity contribution < 1.29 is 13.9 Å². The first-order chi connectivity index (χ1) is 9.89. The number of carbonyl (C=O) groups is 1. The molecule has 0 saturated carbocycles. The van der Waals surface area contributed by atoms with Crippen molar-refractivity contribution in [2.24, 2.45) is 9.98 Å². The number of ether oxygens (including phenoxy) is 1. The van der Waals surface area contributed by atoms with Crippen molar-refractivity contribution in [2.45, 2.75) is 33.2 Å². The van der Waals surface area contributed by atoms with E-state index < -0.39 is 5.97 Å². The lowest BCUT2D eigenvalue weighted by Crippen LogP contribution is -2.07. The quantitative estimate of drug-likeness (QED) is 0.627. The third-order valence-electron chi connectivity index (χ3n) is 2.54. The molecule has 0 aliphatic carbocycles. The van der Waals surface area contributed by atoms with Gasteiger partial charge >= 0.3 is 5.97 Å². The number of fused-ring (bicyclic) bond motifs is 1. The Morgan fingerprint density at radius 2 is 2.10 bits per heavy atom. The molecule has 0 unspecified atom stereocenters. The second-order valence-corrected chi connectivity index (χ2v) is 5.55. The highest BCUT2D eigenvalue weighted by atomic mass is 16.5. The maximum atomic E-state index is 11.6. The highest BCUT2D eigenvalue weighted by Gasteiger charge is 2.13. The van der Waals surface area contributed by atoms with Crippen molar-refractivity contribution in [1.29, 1.82) is 0 Å². The van der Waals surface area contributed by atoms with Gasteiger partial charge in [-0.25, -0.2) is 9.79 Å². The molecule has 2 rings (SSSR count). The lowest BCUT2D eigenvalue weighted by atomic mass is 10.1. The number of hydrogen-bond acceptors (Lipinski definition) is 5. The summed E-state index contributed by atoms with van der Waals surface area (Å²) in [7, 11) is 0. The minimum atomic E-state index is -0.465. The summed E-state index contributed by atoms with van der Waals surface area (Å²) in [5.41, 5.74) is 1.11. The molecule has 2 aromatic rings. The van der Waals surface area contributed by atoms with Crippen molar-refractivity contribution in [2.75, 3.05) is 6.61 Å². The molecule has 1 aromatic carbocycles. The average molecular weight is 286 g/mol. The second-order valence-electron chi connectivity index (χ2n) is 5.55. The van der Waals surface area contributed by atoms with Crippen LogP contribution < -0.4 is 0 Å². The fourth-order valence-corrected chi connectivity index (χ4v) is 1.64. The molecule has 21 heavy (non-hydrogen) atoms. The van der Waals surface area contributed by atoms with E-state index in [-0.39, 0.29) is 11.3 Å². The molecule has 1 heterocycles. The molecule has 0 radical (unpaired) electrons. The molecule has 0 aliphatic rings. The number of hydrogen-bond donors (Lipinski definition) is 0. The number of aliphatic imine (C=N–C) groups is 2. The van der Waals surface area contributed by atoms with Crippen molar-refractivity contribution in [3.05, 3.63) is 30.0 Å². The van der Waals surface area contributed by atoms with Gasteiger partial charge in [-0.05, 0) is 52.0 Å². The van der Waals surface area contributed by atoms with Crippen molar-refractivity contribution >= 4 is 28.6 Å². The standard InChI is InChI=1S/C16H18N2O3/c1-5-20-15(19)14-9-11-8-12(6-7-13(11)21-14)17-10-18-16(2,3)4/h6-9H,5H2,1-4H3. The van der Waals surface area contributed by atoms with E-state index in [1.165, 1.54) is 0 Å². The van der Waals surface area contributed by atoms with Crippen LogP contribution in [-0.4, -0.2) is 24.1 Å². The van der Waals surface area contributed by atoms with Crippen LogP contribution in [0.15, 0.2) is 38.7 Å². The first-order valence-electron chi connectivity index (χ1n) is 6.77. The zero-order valence-electron chi connectivity index (χ0n) is 12.6. The first kappa shape index (κ1) is 15.0. The Kier molecular flexibility index (Phi) is 4.24. The number of benzene rings is 1. The molecule has 0 saturated heterocycles. The summed E-state index contributed by atoms with van der Waals surface area (Å²) in [5.74, 6) is -0.274. The van der Waals surface area contributed by atoms with Crippen LogP contribution in [0.4, 0.5) is 5.69 Å². The van der Waals surface area contributed by atoms with E-state index in [1.54, 1.807) is 25.1 Å². The van der Waals surface area contributed by atoms with Gasteiger partial charge in [-0.1, -0.05) is 0 Å². The third kappa shape index (κ3) is 4.04. The Morgan fingerprint density at radius 3 is 2.76 bits per heavy atom. The van der Waals surface area contributed by atoms with Gasteiger partial charge in [0.05, 0.1) is 23.8 Å². The molecule has 0 aliphatic heterocycles. The van der Waals surface area contributed by atoms with Crippen LogP contribution in [0, 0.1) is 0 Å². The first-order valence-corrected chi connectivity index (χ1v) is 6.77. The molecule has 1 aromatic heterocycles. The largest absolute Gasteiger partial charge is 0.460 e. The summed E-state index contributed by atoms with van der Waals surface area (Å²) in [5, 5.41) is 0.789. The van der Waals surface area contributed by atoms with Crippen molar-refractivity contribution in [3.63, 3.8) is 0 Å². The zero-order valence-corrected chi connectivity index (χ0v) is 12.6. The lowest BCUT2D eigenvalue weighted by Gasteiger charge is -2.06. The van der Waals surface area contributed by atoms with Gasteiger partial charge in [-0.3, -0.25) is 0 Å². The van der Waals surface area contributed by atoms with Crippen molar-refractivity contribution in [3.8, 4) is 0 Å². The number of esters is 1. The molecular weight excluding hydrogens is 268 g/mol. The Bertz CT molecular complexity index is 717.